The molecule has 1 atom stereocenters. The second-order valence-electron chi connectivity index (χ2n) is 4.41. The summed E-state index contributed by atoms with van der Waals surface area (Å²) in [4.78, 5) is 16.1. The second kappa shape index (κ2) is 4.23. The van der Waals surface area contributed by atoms with E-state index in [4.69, 9.17) is 0 Å². The average molecular weight is 302 g/mol. The first kappa shape index (κ1) is 12.3. The zero-order valence-electron chi connectivity index (χ0n) is 9.26. The normalized spacial score (nSPS) is 24.1. The summed E-state index contributed by atoms with van der Waals surface area (Å²) in [7, 11) is 0. The van der Waals surface area contributed by atoms with Crippen LogP contribution in [-0.4, -0.2) is 33.7 Å². The zero-order chi connectivity index (χ0) is 12.6. The maximum atomic E-state index is 10.9. The SMILES string of the molecule is CC1(O)CCN(c2c(Br)cncc2[N+](=O)[O-])C1. The van der Waals surface area contributed by atoms with Gasteiger partial charge in [-0.1, -0.05) is 0 Å². The molecule has 2 heterocycles. The molecule has 0 saturated carbocycles. The Morgan fingerprint density at radius 3 is 2.88 bits per heavy atom. The van der Waals surface area contributed by atoms with Gasteiger partial charge in [-0.15, -0.1) is 0 Å². The lowest BCUT2D eigenvalue weighted by molar-refractivity contribution is -0.384. The van der Waals surface area contributed by atoms with E-state index in [9.17, 15) is 15.2 Å². The summed E-state index contributed by atoms with van der Waals surface area (Å²) in [5, 5.41) is 20.9. The largest absolute Gasteiger partial charge is 0.388 e. The summed E-state index contributed by atoms with van der Waals surface area (Å²) < 4.78 is 0.574. The second-order valence-corrected chi connectivity index (χ2v) is 5.27. The number of hydrogen-bond acceptors (Lipinski definition) is 5. The molecule has 1 aliphatic heterocycles. The molecular weight excluding hydrogens is 290 g/mol. The van der Waals surface area contributed by atoms with Crippen LogP contribution in [0, 0.1) is 10.1 Å². The third-order valence-corrected chi connectivity index (χ3v) is 3.40. The van der Waals surface area contributed by atoms with E-state index in [1.165, 1.54) is 12.4 Å². The fourth-order valence-corrected chi connectivity index (χ4v) is 2.57. The smallest absolute Gasteiger partial charge is 0.311 e. The molecule has 0 radical (unpaired) electrons. The van der Waals surface area contributed by atoms with Gasteiger partial charge in [0.1, 0.15) is 11.9 Å². The Kier molecular flexibility index (Phi) is 3.05. The van der Waals surface area contributed by atoms with Gasteiger partial charge in [0.05, 0.1) is 15.0 Å². The van der Waals surface area contributed by atoms with Crippen LogP contribution in [-0.2, 0) is 0 Å². The minimum atomic E-state index is -0.795. The molecule has 1 N–H and O–H groups in total. The molecule has 7 heteroatoms. The lowest BCUT2D eigenvalue weighted by atomic mass is 10.1. The van der Waals surface area contributed by atoms with Gasteiger partial charge in [-0.25, -0.2) is 0 Å². The highest BCUT2D eigenvalue weighted by atomic mass is 79.9. The van der Waals surface area contributed by atoms with Gasteiger partial charge in [0.25, 0.3) is 0 Å². The molecule has 0 bridgehead atoms. The van der Waals surface area contributed by atoms with Crippen molar-refractivity contribution in [2.75, 3.05) is 18.0 Å². The molecule has 0 spiro atoms. The van der Waals surface area contributed by atoms with Crippen LogP contribution in [0.2, 0.25) is 0 Å². The van der Waals surface area contributed by atoms with Crippen LogP contribution in [0.3, 0.4) is 0 Å². The molecule has 17 heavy (non-hydrogen) atoms. The molecule has 1 aromatic heterocycles. The molecule has 1 aliphatic rings. The number of anilines is 1. The Bertz CT molecular complexity index is 464. The van der Waals surface area contributed by atoms with Crippen LogP contribution >= 0.6 is 15.9 Å². The first-order valence-electron chi connectivity index (χ1n) is 5.16. The first-order chi connectivity index (χ1) is 7.91. The van der Waals surface area contributed by atoms with E-state index >= 15 is 0 Å². The van der Waals surface area contributed by atoms with Gasteiger partial charge in [-0.2, -0.15) is 0 Å². The summed E-state index contributed by atoms with van der Waals surface area (Å²) in [5.74, 6) is 0. The zero-order valence-corrected chi connectivity index (χ0v) is 10.8. The predicted molar refractivity (Wildman–Crippen MR) is 66.0 cm³/mol. The molecule has 92 valence electrons. The minimum absolute atomic E-state index is 0.0444. The fraction of sp³-hybridized carbons (Fsp3) is 0.500. The Labute approximate surface area is 107 Å². The van der Waals surface area contributed by atoms with E-state index in [0.717, 1.165) is 0 Å². The highest BCUT2D eigenvalue weighted by molar-refractivity contribution is 9.10. The van der Waals surface area contributed by atoms with Crippen LogP contribution < -0.4 is 4.90 Å². The fourth-order valence-electron chi connectivity index (χ4n) is 2.00. The number of nitrogens with zero attached hydrogens (tertiary/aromatic N) is 3. The van der Waals surface area contributed by atoms with Crippen LogP contribution in [0.15, 0.2) is 16.9 Å². The highest BCUT2D eigenvalue weighted by Gasteiger charge is 2.35. The van der Waals surface area contributed by atoms with E-state index in [1.807, 2.05) is 4.90 Å². The number of nitro groups is 1. The van der Waals surface area contributed by atoms with Crippen molar-refractivity contribution in [3.63, 3.8) is 0 Å². The maximum Gasteiger partial charge on any atom is 0.311 e. The molecule has 1 unspecified atom stereocenters. The molecule has 0 aliphatic carbocycles. The van der Waals surface area contributed by atoms with Crippen LogP contribution in [0.25, 0.3) is 0 Å². The van der Waals surface area contributed by atoms with Crippen molar-refractivity contribution < 1.29 is 10.0 Å². The van der Waals surface area contributed by atoms with Gasteiger partial charge in [-0.05, 0) is 29.3 Å². The van der Waals surface area contributed by atoms with Crippen molar-refractivity contribution in [1.82, 2.24) is 4.98 Å². The lowest BCUT2D eigenvalue weighted by Crippen LogP contribution is -2.30. The van der Waals surface area contributed by atoms with E-state index in [-0.39, 0.29) is 5.69 Å². The average Bonchev–Trinajstić information content (AvgIpc) is 2.58. The molecule has 1 saturated heterocycles. The van der Waals surface area contributed by atoms with Gasteiger partial charge in [0, 0.05) is 19.3 Å². The van der Waals surface area contributed by atoms with Crippen molar-refractivity contribution in [1.29, 1.82) is 0 Å². The monoisotopic (exact) mass is 301 g/mol. The van der Waals surface area contributed by atoms with E-state index < -0.39 is 10.5 Å². The van der Waals surface area contributed by atoms with Crippen LogP contribution in [0.1, 0.15) is 13.3 Å². The molecular formula is C10H12BrN3O3. The molecule has 0 amide bonds. The third kappa shape index (κ3) is 2.39. The number of aromatic nitrogens is 1. The molecule has 1 fully saturated rings. The Morgan fingerprint density at radius 2 is 2.35 bits per heavy atom. The van der Waals surface area contributed by atoms with Crippen LogP contribution in [0.4, 0.5) is 11.4 Å². The Balaban J connectivity index is 2.42. The summed E-state index contributed by atoms with van der Waals surface area (Å²) in [6.07, 6.45) is 3.35. The minimum Gasteiger partial charge on any atom is -0.388 e. The van der Waals surface area contributed by atoms with Crippen molar-refractivity contribution in [2.24, 2.45) is 0 Å². The standard InChI is InChI=1S/C10H12BrN3O3/c1-10(15)2-3-13(6-10)9-7(11)4-12-5-8(9)14(16)17/h4-5,15H,2-3,6H2,1H3. The van der Waals surface area contributed by atoms with E-state index in [0.29, 0.717) is 29.7 Å². The van der Waals surface area contributed by atoms with Gasteiger partial charge >= 0.3 is 5.69 Å². The number of β-amino-alcohol motifs (C(OH)–C–C–N with tert-alkyl or cyclic N) is 1. The van der Waals surface area contributed by atoms with Crippen LogP contribution in [0.5, 0.6) is 0 Å². The third-order valence-electron chi connectivity index (χ3n) is 2.82. The summed E-state index contributed by atoms with van der Waals surface area (Å²) in [6.45, 7) is 2.71. The molecule has 1 aromatic rings. The number of rotatable bonds is 2. The summed E-state index contributed by atoms with van der Waals surface area (Å²) >= 11 is 3.27. The topological polar surface area (TPSA) is 79.5 Å². The van der Waals surface area contributed by atoms with Crippen molar-refractivity contribution in [3.8, 4) is 0 Å². The van der Waals surface area contributed by atoms with Crippen molar-refractivity contribution in [3.05, 3.63) is 27.0 Å². The van der Waals surface area contributed by atoms with E-state index in [1.54, 1.807) is 6.92 Å². The summed E-state index contributed by atoms with van der Waals surface area (Å²) in [5.41, 5.74) is -0.351. The van der Waals surface area contributed by atoms with Gasteiger partial charge in [0.2, 0.25) is 0 Å². The van der Waals surface area contributed by atoms with Gasteiger partial charge < -0.3 is 10.0 Å². The van der Waals surface area contributed by atoms with Gasteiger partial charge in [-0.3, -0.25) is 15.1 Å². The quantitative estimate of drug-likeness (QED) is 0.664. The number of pyridine rings is 1. The lowest BCUT2D eigenvalue weighted by Gasteiger charge is -2.21. The first-order valence-corrected chi connectivity index (χ1v) is 5.95. The van der Waals surface area contributed by atoms with E-state index in [2.05, 4.69) is 20.9 Å². The Hall–Kier alpha value is -1.21. The number of halogens is 1. The predicted octanol–water partition coefficient (Wildman–Crippen LogP) is 1.71. The number of hydrogen-bond donors (Lipinski definition) is 1. The molecule has 0 aromatic carbocycles. The number of aliphatic hydroxyl groups is 1. The molecule has 6 nitrogen and oxygen atoms in total. The van der Waals surface area contributed by atoms with Crippen molar-refractivity contribution >= 4 is 27.3 Å². The maximum absolute atomic E-state index is 10.9. The highest BCUT2D eigenvalue weighted by Crippen LogP contribution is 2.38. The molecule has 2 rings (SSSR count). The van der Waals surface area contributed by atoms with Gasteiger partial charge in [0.15, 0.2) is 0 Å². The Morgan fingerprint density at radius 1 is 1.65 bits per heavy atom. The van der Waals surface area contributed by atoms with Crippen molar-refractivity contribution in [2.45, 2.75) is 18.9 Å². The summed E-state index contributed by atoms with van der Waals surface area (Å²) in [6, 6.07) is 0.